The van der Waals surface area contributed by atoms with Gasteiger partial charge in [0.25, 0.3) is 0 Å². The molecule has 0 saturated heterocycles. The van der Waals surface area contributed by atoms with Crippen molar-refractivity contribution in [2.75, 3.05) is 27.2 Å². The van der Waals surface area contributed by atoms with E-state index in [0.717, 1.165) is 37.8 Å². The van der Waals surface area contributed by atoms with Crippen molar-refractivity contribution in [3.05, 3.63) is 48.3 Å². The van der Waals surface area contributed by atoms with Crippen molar-refractivity contribution in [3.63, 3.8) is 0 Å². The summed E-state index contributed by atoms with van der Waals surface area (Å²) in [6.45, 7) is 2.63. The quantitative estimate of drug-likeness (QED) is 0.439. The molecular weight excluding hydrogens is 314 g/mol. The molecule has 0 unspecified atom stereocenters. The van der Waals surface area contributed by atoms with Crippen LogP contribution >= 0.6 is 0 Å². The zero-order valence-corrected chi connectivity index (χ0v) is 15.0. The molecule has 3 rings (SSSR count). The third-order valence-corrected chi connectivity index (χ3v) is 4.77. The van der Waals surface area contributed by atoms with E-state index in [1.165, 1.54) is 18.4 Å². The fourth-order valence-electron chi connectivity index (χ4n) is 3.13. The number of aliphatic imine (C=N–C) groups is 1. The fraction of sp³-hybridized carbons (Fsp3) is 0.474. The number of rotatable bonds is 8. The van der Waals surface area contributed by atoms with Crippen LogP contribution in [0.2, 0.25) is 0 Å². The third kappa shape index (κ3) is 4.32. The molecule has 2 aromatic rings. The van der Waals surface area contributed by atoms with Crippen LogP contribution in [0.3, 0.4) is 0 Å². The number of hydrogen-bond acceptors (Lipinski definition) is 3. The van der Waals surface area contributed by atoms with Gasteiger partial charge in [0, 0.05) is 50.1 Å². The molecular formula is C19H27N5O. The molecule has 25 heavy (non-hydrogen) atoms. The van der Waals surface area contributed by atoms with Crippen molar-refractivity contribution in [2.24, 2.45) is 4.99 Å². The van der Waals surface area contributed by atoms with Crippen LogP contribution in [0.5, 0.6) is 5.75 Å². The predicted octanol–water partition coefficient (Wildman–Crippen LogP) is 2.18. The largest absolute Gasteiger partial charge is 0.496 e. The number of ether oxygens (including phenoxy) is 1. The average Bonchev–Trinajstić information content (AvgIpc) is 3.26. The van der Waals surface area contributed by atoms with Crippen LogP contribution in [0.25, 0.3) is 0 Å². The number of benzene rings is 1. The topological polar surface area (TPSA) is 63.5 Å². The van der Waals surface area contributed by atoms with E-state index in [2.05, 4.69) is 32.9 Å². The van der Waals surface area contributed by atoms with Gasteiger partial charge in [-0.2, -0.15) is 5.10 Å². The van der Waals surface area contributed by atoms with E-state index in [-0.39, 0.29) is 5.41 Å². The molecule has 2 N–H and O–H groups in total. The van der Waals surface area contributed by atoms with Crippen molar-refractivity contribution in [2.45, 2.75) is 31.2 Å². The molecule has 0 aliphatic heterocycles. The van der Waals surface area contributed by atoms with Gasteiger partial charge in [-0.05, 0) is 31.4 Å². The lowest BCUT2D eigenvalue weighted by Gasteiger charge is -2.21. The Hall–Kier alpha value is -2.50. The second-order valence-corrected chi connectivity index (χ2v) is 6.46. The molecule has 6 heteroatoms. The summed E-state index contributed by atoms with van der Waals surface area (Å²) in [5.41, 5.74) is 1.46. The van der Waals surface area contributed by atoms with Crippen LogP contribution in [-0.4, -0.2) is 43.0 Å². The Morgan fingerprint density at radius 3 is 2.80 bits per heavy atom. The summed E-state index contributed by atoms with van der Waals surface area (Å²) in [4.78, 5) is 4.33. The van der Waals surface area contributed by atoms with Crippen LogP contribution in [0.4, 0.5) is 0 Å². The number of aromatic nitrogens is 2. The minimum absolute atomic E-state index is 0.166. The molecule has 0 atom stereocenters. The van der Waals surface area contributed by atoms with E-state index >= 15 is 0 Å². The highest BCUT2D eigenvalue weighted by atomic mass is 16.5. The maximum absolute atomic E-state index is 5.54. The SMILES string of the molecule is CN=C(NCCCn1cccn1)NCC1(c2ccccc2OC)CC1. The zero-order chi connectivity index (χ0) is 17.5. The first-order valence-electron chi connectivity index (χ1n) is 8.83. The van der Waals surface area contributed by atoms with Crippen LogP contribution in [0.15, 0.2) is 47.7 Å². The lowest BCUT2D eigenvalue weighted by Crippen LogP contribution is -2.41. The minimum Gasteiger partial charge on any atom is -0.496 e. The molecule has 1 fully saturated rings. The minimum atomic E-state index is 0.166. The van der Waals surface area contributed by atoms with Gasteiger partial charge in [0.15, 0.2) is 5.96 Å². The van der Waals surface area contributed by atoms with E-state index in [9.17, 15) is 0 Å². The Morgan fingerprint density at radius 1 is 1.28 bits per heavy atom. The van der Waals surface area contributed by atoms with Crippen LogP contribution in [0, 0.1) is 0 Å². The van der Waals surface area contributed by atoms with Gasteiger partial charge in [-0.1, -0.05) is 18.2 Å². The Labute approximate surface area is 149 Å². The fourth-order valence-corrected chi connectivity index (χ4v) is 3.13. The molecule has 0 amide bonds. The Kier molecular flexibility index (Phi) is 5.58. The summed E-state index contributed by atoms with van der Waals surface area (Å²) in [7, 11) is 3.55. The molecule has 1 heterocycles. The molecule has 0 bridgehead atoms. The van der Waals surface area contributed by atoms with E-state index < -0.39 is 0 Å². The second kappa shape index (κ2) is 8.05. The van der Waals surface area contributed by atoms with E-state index in [0.29, 0.717) is 0 Å². The van der Waals surface area contributed by atoms with Gasteiger partial charge in [-0.25, -0.2) is 0 Å². The molecule has 1 aliphatic carbocycles. The molecule has 134 valence electrons. The molecule has 1 aromatic carbocycles. The van der Waals surface area contributed by atoms with Crippen LogP contribution in [0.1, 0.15) is 24.8 Å². The first kappa shape index (κ1) is 17.3. The summed E-state index contributed by atoms with van der Waals surface area (Å²) in [6, 6.07) is 10.3. The lowest BCUT2D eigenvalue weighted by atomic mass is 9.95. The maximum Gasteiger partial charge on any atom is 0.191 e. The molecule has 1 aromatic heterocycles. The second-order valence-electron chi connectivity index (χ2n) is 6.46. The Bertz CT molecular complexity index is 692. The molecule has 0 spiro atoms. The number of para-hydroxylation sites is 1. The number of nitrogens with one attached hydrogen (secondary N) is 2. The van der Waals surface area contributed by atoms with E-state index in [4.69, 9.17) is 4.74 Å². The van der Waals surface area contributed by atoms with Crippen molar-refractivity contribution in [3.8, 4) is 5.75 Å². The molecule has 0 radical (unpaired) electrons. The Balaban J connectivity index is 1.48. The Morgan fingerprint density at radius 2 is 2.12 bits per heavy atom. The number of guanidine groups is 1. The summed E-state index contributed by atoms with van der Waals surface area (Å²) in [5, 5.41) is 11.1. The first-order chi connectivity index (χ1) is 12.3. The maximum atomic E-state index is 5.54. The van der Waals surface area contributed by atoms with Crippen molar-refractivity contribution in [1.29, 1.82) is 0 Å². The van der Waals surface area contributed by atoms with Gasteiger partial charge >= 0.3 is 0 Å². The number of hydrogen-bond donors (Lipinski definition) is 2. The number of methoxy groups -OCH3 is 1. The standard InChI is InChI=1S/C19H27N5O/c1-20-18(21-11-5-13-24-14-6-12-23-24)22-15-19(9-10-19)16-7-3-4-8-17(16)25-2/h3-4,6-8,12,14H,5,9-11,13,15H2,1-2H3,(H2,20,21,22). The van der Waals surface area contributed by atoms with Gasteiger partial charge < -0.3 is 15.4 Å². The average molecular weight is 341 g/mol. The monoisotopic (exact) mass is 341 g/mol. The van der Waals surface area contributed by atoms with Crippen molar-refractivity contribution < 1.29 is 4.74 Å². The molecule has 1 aliphatic rings. The molecule has 6 nitrogen and oxygen atoms in total. The van der Waals surface area contributed by atoms with Gasteiger partial charge in [0.2, 0.25) is 0 Å². The number of nitrogens with zero attached hydrogens (tertiary/aromatic N) is 3. The van der Waals surface area contributed by atoms with Gasteiger partial charge in [-0.15, -0.1) is 0 Å². The third-order valence-electron chi connectivity index (χ3n) is 4.77. The summed E-state index contributed by atoms with van der Waals surface area (Å²) in [5.74, 6) is 1.82. The van der Waals surface area contributed by atoms with Crippen molar-refractivity contribution >= 4 is 5.96 Å². The predicted molar refractivity (Wildman–Crippen MR) is 100 cm³/mol. The van der Waals surface area contributed by atoms with Crippen LogP contribution < -0.4 is 15.4 Å². The number of aryl methyl sites for hydroxylation is 1. The van der Waals surface area contributed by atoms with Crippen LogP contribution in [-0.2, 0) is 12.0 Å². The van der Waals surface area contributed by atoms with Gasteiger partial charge in [0.05, 0.1) is 7.11 Å². The lowest BCUT2D eigenvalue weighted by molar-refractivity contribution is 0.403. The highest BCUT2D eigenvalue weighted by Gasteiger charge is 2.45. The van der Waals surface area contributed by atoms with Gasteiger partial charge in [-0.3, -0.25) is 9.67 Å². The normalized spacial score (nSPS) is 15.7. The first-order valence-corrected chi connectivity index (χ1v) is 8.83. The summed E-state index contributed by atoms with van der Waals surface area (Å²) < 4.78 is 7.48. The van der Waals surface area contributed by atoms with Crippen molar-refractivity contribution in [1.82, 2.24) is 20.4 Å². The van der Waals surface area contributed by atoms with Gasteiger partial charge in [0.1, 0.15) is 5.75 Å². The zero-order valence-electron chi connectivity index (χ0n) is 15.0. The van der Waals surface area contributed by atoms with E-state index in [1.807, 2.05) is 36.1 Å². The molecule has 1 saturated carbocycles. The van der Waals surface area contributed by atoms with E-state index in [1.54, 1.807) is 13.3 Å². The highest BCUT2D eigenvalue weighted by Crippen LogP contribution is 2.50. The summed E-state index contributed by atoms with van der Waals surface area (Å²) in [6.07, 6.45) is 7.14. The summed E-state index contributed by atoms with van der Waals surface area (Å²) >= 11 is 0. The smallest absolute Gasteiger partial charge is 0.191 e. The highest BCUT2D eigenvalue weighted by molar-refractivity contribution is 5.79.